The Morgan fingerprint density at radius 2 is 1.85 bits per heavy atom. The van der Waals surface area contributed by atoms with Gasteiger partial charge in [0, 0.05) is 6.54 Å². The standard InChI is InChI=1S/C23H25FN2O5S2/c1-4-6-13-31-20-14-16(7-12-19(20)30-3)15-21-22(27)26(5-2)23(32-21)25-33(28,29)18-10-8-17(24)9-11-18/h7-12,14-15H,4-6,13H2,1-3H3/b21-15-,25-23?. The molecule has 1 heterocycles. The quantitative estimate of drug-likeness (QED) is 0.373. The number of halogens is 1. The second-order valence-corrected chi connectivity index (χ2v) is 9.69. The molecule has 1 aliphatic heterocycles. The van der Waals surface area contributed by atoms with Crippen LogP contribution in [0.15, 0.2) is 56.7 Å². The number of nitrogens with zero attached hydrogens (tertiary/aromatic N) is 2. The Morgan fingerprint density at radius 3 is 2.48 bits per heavy atom. The van der Waals surface area contributed by atoms with Gasteiger partial charge in [-0.2, -0.15) is 8.42 Å². The van der Waals surface area contributed by atoms with E-state index in [-0.39, 0.29) is 22.5 Å². The summed E-state index contributed by atoms with van der Waals surface area (Å²) in [5, 5.41) is 0.0472. The van der Waals surface area contributed by atoms with Crippen molar-refractivity contribution < 1.29 is 27.1 Å². The van der Waals surface area contributed by atoms with Crippen molar-refractivity contribution in [3.63, 3.8) is 0 Å². The largest absolute Gasteiger partial charge is 0.493 e. The molecule has 1 fully saturated rings. The average Bonchev–Trinajstić information content (AvgIpc) is 3.07. The number of carbonyl (C=O) groups is 1. The first-order valence-electron chi connectivity index (χ1n) is 10.4. The van der Waals surface area contributed by atoms with Crippen LogP contribution in [0.4, 0.5) is 4.39 Å². The van der Waals surface area contributed by atoms with Crippen molar-refractivity contribution >= 4 is 38.9 Å². The minimum absolute atomic E-state index is 0.0472. The Morgan fingerprint density at radius 1 is 1.12 bits per heavy atom. The number of hydrogen-bond donors (Lipinski definition) is 0. The van der Waals surface area contributed by atoms with Crippen molar-refractivity contribution in [2.24, 2.45) is 4.40 Å². The monoisotopic (exact) mass is 492 g/mol. The summed E-state index contributed by atoms with van der Waals surface area (Å²) in [5.74, 6) is 0.252. The maximum Gasteiger partial charge on any atom is 0.284 e. The number of sulfonamides is 1. The minimum atomic E-state index is -4.11. The molecule has 33 heavy (non-hydrogen) atoms. The van der Waals surface area contributed by atoms with E-state index in [2.05, 4.69) is 11.3 Å². The lowest BCUT2D eigenvalue weighted by atomic mass is 10.2. The van der Waals surface area contributed by atoms with Crippen molar-refractivity contribution in [3.8, 4) is 11.5 Å². The SMILES string of the molecule is CCCCOc1cc(/C=C2\SC(=NS(=O)(=O)c3ccc(F)cc3)N(CC)C2=O)ccc1OC. The molecular weight excluding hydrogens is 467 g/mol. The highest BCUT2D eigenvalue weighted by molar-refractivity contribution is 8.19. The number of thioether (sulfide) groups is 1. The van der Waals surface area contributed by atoms with Gasteiger partial charge in [-0.3, -0.25) is 9.69 Å². The van der Waals surface area contributed by atoms with Gasteiger partial charge in [-0.15, -0.1) is 4.40 Å². The van der Waals surface area contributed by atoms with Crippen LogP contribution in [0, 0.1) is 5.82 Å². The van der Waals surface area contributed by atoms with E-state index < -0.39 is 15.8 Å². The molecule has 0 spiro atoms. The minimum Gasteiger partial charge on any atom is -0.493 e. The molecule has 0 bridgehead atoms. The van der Waals surface area contributed by atoms with Gasteiger partial charge < -0.3 is 9.47 Å². The highest BCUT2D eigenvalue weighted by Gasteiger charge is 2.34. The summed E-state index contributed by atoms with van der Waals surface area (Å²) in [7, 11) is -2.55. The summed E-state index contributed by atoms with van der Waals surface area (Å²) >= 11 is 0.970. The second-order valence-electron chi connectivity index (χ2n) is 7.08. The van der Waals surface area contributed by atoms with Crippen molar-refractivity contribution in [1.82, 2.24) is 4.90 Å². The van der Waals surface area contributed by atoms with E-state index in [9.17, 15) is 17.6 Å². The molecule has 2 aromatic rings. The summed E-state index contributed by atoms with van der Waals surface area (Å²) in [4.78, 5) is 14.4. The molecule has 0 N–H and O–H groups in total. The molecule has 1 saturated heterocycles. The van der Waals surface area contributed by atoms with E-state index in [1.807, 2.05) is 0 Å². The Balaban J connectivity index is 1.91. The normalized spacial score (nSPS) is 16.6. The fourth-order valence-electron chi connectivity index (χ4n) is 2.99. The van der Waals surface area contributed by atoms with E-state index >= 15 is 0 Å². The molecule has 0 aliphatic carbocycles. The first-order valence-corrected chi connectivity index (χ1v) is 12.7. The van der Waals surface area contributed by atoms with Crippen LogP contribution in [0.25, 0.3) is 6.08 Å². The molecule has 176 valence electrons. The Labute approximate surface area is 197 Å². The molecule has 0 saturated carbocycles. The maximum absolute atomic E-state index is 13.2. The molecule has 7 nitrogen and oxygen atoms in total. The Hall–Kier alpha value is -2.85. The van der Waals surface area contributed by atoms with Crippen molar-refractivity contribution in [2.45, 2.75) is 31.6 Å². The van der Waals surface area contributed by atoms with E-state index in [1.54, 1.807) is 38.3 Å². The van der Waals surface area contributed by atoms with E-state index in [1.165, 1.54) is 4.90 Å². The third-order valence-corrected chi connectivity index (χ3v) is 7.16. The van der Waals surface area contributed by atoms with Crippen LogP contribution in [0.3, 0.4) is 0 Å². The van der Waals surface area contributed by atoms with Crippen LogP contribution in [0.1, 0.15) is 32.3 Å². The summed E-state index contributed by atoms with van der Waals surface area (Å²) in [6.45, 7) is 4.59. The van der Waals surface area contributed by atoms with Gasteiger partial charge in [0.1, 0.15) is 5.82 Å². The van der Waals surface area contributed by atoms with Gasteiger partial charge in [-0.1, -0.05) is 19.4 Å². The fourth-order valence-corrected chi connectivity index (χ4v) is 5.24. The number of unbranched alkanes of at least 4 members (excludes halogenated alkanes) is 1. The van der Waals surface area contributed by atoms with Gasteiger partial charge in [0.2, 0.25) is 0 Å². The van der Waals surface area contributed by atoms with Crippen LogP contribution in [-0.2, 0) is 14.8 Å². The molecule has 3 rings (SSSR count). The van der Waals surface area contributed by atoms with Gasteiger partial charge in [-0.05, 0) is 73.1 Å². The number of carbonyl (C=O) groups excluding carboxylic acids is 1. The number of ether oxygens (including phenoxy) is 2. The van der Waals surface area contributed by atoms with Gasteiger partial charge in [0.25, 0.3) is 15.9 Å². The van der Waals surface area contributed by atoms with Crippen LogP contribution < -0.4 is 9.47 Å². The molecule has 10 heteroatoms. The lowest BCUT2D eigenvalue weighted by Gasteiger charge is -2.12. The number of amidine groups is 1. The molecule has 0 atom stereocenters. The smallest absolute Gasteiger partial charge is 0.284 e. The summed E-state index contributed by atoms with van der Waals surface area (Å²) in [5.41, 5.74) is 0.705. The van der Waals surface area contributed by atoms with Gasteiger partial charge >= 0.3 is 0 Å². The average molecular weight is 493 g/mol. The number of likely N-dealkylation sites (N-methyl/N-ethyl adjacent to an activating group) is 1. The summed E-state index contributed by atoms with van der Waals surface area (Å²) in [6, 6.07) is 9.69. The van der Waals surface area contributed by atoms with Gasteiger partial charge in [0.15, 0.2) is 16.7 Å². The van der Waals surface area contributed by atoms with E-state index in [0.29, 0.717) is 28.6 Å². The zero-order valence-electron chi connectivity index (χ0n) is 18.6. The fraction of sp³-hybridized carbons (Fsp3) is 0.304. The molecule has 1 aliphatic rings. The van der Waals surface area contributed by atoms with Gasteiger partial charge in [0.05, 0.1) is 23.5 Å². The van der Waals surface area contributed by atoms with Crippen molar-refractivity contribution in [1.29, 1.82) is 0 Å². The van der Waals surface area contributed by atoms with Crippen molar-refractivity contribution in [3.05, 3.63) is 58.8 Å². The van der Waals surface area contributed by atoms with E-state index in [0.717, 1.165) is 48.9 Å². The molecule has 1 amide bonds. The molecule has 2 aromatic carbocycles. The lowest BCUT2D eigenvalue weighted by Crippen LogP contribution is -2.29. The van der Waals surface area contributed by atoms with Crippen molar-refractivity contribution in [2.75, 3.05) is 20.3 Å². The number of methoxy groups -OCH3 is 1. The number of amides is 1. The maximum atomic E-state index is 13.2. The van der Waals surface area contributed by atoms with Crippen LogP contribution in [-0.4, -0.2) is 44.7 Å². The first kappa shape index (κ1) is 24.8. The molecule has 0 unspecified atom stereocenters. The molecule has 0 aromatic heterocycles. The summed E-state index contributed by atoms with van der Waals surface area (Å²) < 4.78 is 53.5. The highest BCUT2D eigenvalue weighted by atomic mass is 32.2. The third-order valence-electron chi connectivity index (χ3n) is 4.75. The second kappa shape index (κ2) is 10.8. The number of benzene rings is 2. The Bertz CT molecular complexity index is 1180. The molecular formula is C23H25FN2O5S2. The lowest BCUT2D eigenvalue weighted by molar-refractivity contribution is -0.122. The summed E-state index contributed by atoms with van der Waals surface area (Å²) in [6.07, 6.45) is 3.55. The zero-order valence-corrected chi connectivity index (χ0v) is 20.2. The topological polar surface area (TPSA) is 85.3 Å². The first-order chi connectivity index (χ1) is 15.8. The predicted octanol–water partition coefficient (Wildman–Crippen LogP) is 4.69. The van der Waals surface area contributed by atoms with E-state index in [4.69, 9.17) is 9.47 Å². The van der Waals surface area contributed by atoms with Crippen LogP contribution >= 0.6 is 11.8 Å². The predicted molar refractivity (Wildman–Crippen MR) is 127 cm³/mol. The highest BCUT2D eigenvalue weighted by Crippen LogP contribution is 2.35. The number of hydrogen-bond acceptors (Lipinski definition) is 6. The number of rotatable bonds is 9. The van der Waals surface area contributed by atoms with Crippen LogP contribution in [0.2, 0.25) is 0 Å². The van der Waals surface area contributed by atoms with Gasteiger partial charge in [-0.25, -0.2) is 4.39 Å². The molecule has 0 radical (unpaired) electrons. The Kier molecular flexibility index (Phi) is 8.15. The third kappa shape index (κ3) is 5.94. The van der Waals surface area contributed by atoms with Crippen LogP contribution in [0.5, 0.6) is 11.5 Å². The zero-order chi connectivity index (χ0) is 24.0.